The van der Waals surface area contributed by atoms with Crippen LogP contribution in [0, 0.1) is 0 Å². The van der Waals surface area contributed by atoms with Crippen LogP contribution >= 0.6 is 34.7 Å². The molecule has 0 saturated heterocycles. The number of hydrogen-bond acceptors (Lipinski definition) is 6. The van der Waals surface area contributed by atoms with Crippen LogP contribution in [0.5, 0.6) is 0 Å². The zero-order valence-corrected chi connectivity index (χ0v) is 18.2. The van der Waals surface area contributed by atoms with Crippen LogP contribution in [0.25, 0.3) is 31.7 Å². The number of benzene rings is 2. The lowest BCUT2D eigenvalue weighted by Crippen LogP contribution is -2.06. The van der Waals surface area contributed by atoms with Gasteiger partial charge < -0.3 is 9.67 Å². The number of imidazole rings is 1. The predicted octanol–water partition coefficient (Wildman–Crippen LogP) is 5.65. The fraction of sp³-hybridized carbons (Fsp3) is 0.136. The van der Waals surface area contributed by atoms with Gasteiger partial charge in [0.15, 0.2) is 0 Å². The summed E-state index contributed by atoms with van der Waals surface area (Å²) in [5.74, 6) is 1.52. The Kier molecular flexibility index (Phi) is 5.43. The fourth-order valence-corrected chi connectivity index (χ4v) is 5.59. The zero-order chi connectivity index (χ0) is 20.5. The summed E-state index contributed by atoms with van der Waals surface area (Å²) in [5, 5.41) is 12.2. The second kappa shape index (κ2) is 8.35. The second-order valence-corrected chi connectivity index (χ2v) is 9.13. The number of fused-ring (bicyclic) bond motifs is 2. The number of halogens is 1. The summed E-state index contributed by atoms with van der Waals surface area (Å²) < 4.78 is 2.02. The molecule has 5 rings (SSSR count). The Morgan fingerprint density at radius 3 is 2.77 bits per heavy atom. The third-order valence-electron chi connectivity index (χ3n) is 4.80. The highest BCUT2D eigenvalue weighted by Gasteiger charge is 2.14. The van der Waals surface area contributed by atoms with E-state index in [9.17, 15) is 5.11 Å². The van der Waals surface area contributed by atoms with E-state index < -0.39 is 0 Å². The van der Waals surface area contributed by atoms with Gasteiger partial charge in [-0.2, -0.15) is 0 Å². The molecule has 1 N–H and O–H groups in total. The highest BCUT2D eigenvalue weighted by Crippen LogP contribution is 2.37. The van der Waals surface area contributed by atoms with Crippen LogP contribution in [-0.4, -0.2) is 31.2 Å². The van der Waals surface area contributed by atoms with E-state index in [1.54, 1.807) is 29.4 Å². The molecular formula is C22H17ClN4OS2. The van der Waals surface area contributed by atoms with Crippen LogP contribution in [0.4, 0.5) is 0 Å². The molecule has 0 atom stereocenters. The van der Waals surface area contributed by atoms with Crippen molar-refractivity contribution >= 4 is 55.9 Å². The van der Waals surface area contributed by atoms with Crippen LogP contribution in [0.15, 0.2) is 66.0 Å². The Labute approximate surface area is 186 Å². The first-order chi connectivity index (χ1) is 14.7. The summed E-state index contributed by atoms with van der Waals surface area (Å²) in [6.45, 7) is 0.515. The molecule has 0 saturated carbocycles. The zero-order valence-electron chi connectivity index (χ0n) is 15.8. The van der Waals surface area contributed by atoms with Crippen molar-refractivity contribution in [3.8, 4) is 10.4 Å². The first-order valence-electron chi connectivity index (χ1n) is 9.41. The summed E-state index contributed by atoms with van der Waals surface area (Å²) >= 11 is 9.47. The minimum Gasteiger partial charge on any atom is -0.395 e. The lowest BCUT2D eigenvalue weighted by atomic mass is 10.2. The Morgan fingerprint density at radius 1 is 1.07 bits per heavy atom. The van der Waals surface area contributed by atoms with Crippen molar-refractivity contribution in [1.29, 1.82) is 0 Å². The molecule has 0 unspecified atom stereocenters. The maximum Gasteiger partial charge on any atom is 0.128 e. The molecule has 0 fully saturated rings. The van der Waals surface area contributed by atoms with Gasteiger partial charge in [-0.3, -0.25) is 0 Å². The van der Waals surface area contributed by atoms with Crippen molar-refractivity contribution in [2.24, 2.45) is 0 Å². The normalized spacial score (nSPS) is 11.5. The van der Waals surface area contributed by atoms with Gasteiger partial charge in [0.05, 0.1) is 23.4 Å². The first kappa shape index (κ1) is 19.5. The highest BCUT2D eigenvalue weighted by atomic mass is 35.5. The third kappa shape index (κ3) is 3.70. The summed E-state index contributed by atoms with van der Waals surface area (Å²) in [4.78, 5) is 15.9. The van der Waals surface area contributed by atoms with Crippen LogP contribution < -0.4 is 0 Å². The maximum atomic E-state index is 9.52. The number of aliphatic hydroxyl groups is 1. The van der Waals surface area contributed by atoms with Gasteiger partial charge >= 0.3 is 0 Å². The molecule has 0 bridgehead atoms. The minimum absolute atomic E-state index is 0.0400. The molecule has 0 amide bonds. The molecule has 3 aromatic heterocycles. The van der Waals surface area contributed by atoms with Crippen molar-refractivity contribution in [3.05, 3.63) is 71.8 Å². The van der Waals surface area contributed by atoms with E-state index in [1.807, 2.05) is 41.0 Å². The number of nitrogens with zero attached hydrogens (tertiary/aromatic N) is 4. The van der Waals surface area contributed by atoms with Crippen molar-refractivity contribution in [3.63, 3.8) is 0 Å². The van der Waals surface area contributed by atoms with E-state index in [-0.39, 0.29) is 6.61 Å². The predicted molar refractivity (Wildman–Crippen MR) is 124 cm³/mol. The van der Waals surface area contributed by atoms with E-state index in [0.717, 1.165) is 32.1 Å². The molecule has 0 aliphatic heterocycles. The lowest BCUT2D eigenvalue weighted by Gasteiger charge is -2.07. The van der Waals surface area contributed by atoms with Crippen molar-refractivity contribution < 1.29 is 5.11 Å². The van der Waals surface area contributed by atoms with Gasteiger partial charge in [0, 0.05) is 21.8 Å². The Bertz CT molecular complexity index is 1330. The average molecular weight is 453 g/mol. The molecule has 0 aliphatic carbocycles. The van der Waals surface area contributed by atoms with Crippen LogP contribution in [0.2, 0.25) is 5.02 Å². The Morgan fingerprint density at radius 2 is 1.93 bits per heavy atom. The average Bonchev–Trinajstić information content (AvgIpc) is 3.35. The molecule has 3 heterocycles. The van der Waals surface area contributed by atoms with Gasteiger partial charge in [-0.05, 0) is 29.8 Å². The standard InChI is InChI=1S/C22H17ClN4OS2/c23-15-6-7-17-18(10-15)27(8-9-28)20(26-17)12-29-21-16-11-19(14-4-2-1-3-5-14)30-22(16)25-13-24-21/h1-7,10-11,13,28H,8-9,12H2. The van der Waals surface area contributed by atoms with Gasteiger partial charge in [-0.25, -0.2) is 15.0 Å². The monoisotopic (exact) mass is 452 g/mol. The van der Waals surface area contributed by atoms with Gasteiger partial charge in [-0.1, -0.05) is 53.7 Å². The molecule has 0 radical (unpaired) electrons. The molecule has 2 aromatic carbocycles. The topological polar surface area (TPSA) is 63.8 Å². The van der Waals surface area contributed by atoms with Crippen molar-refractivity contribution in [2.45, 2.75) is 17.3 Å². The Hall–Kier alpha value is -2.45. The molecule has 5 aromatic rings. The SMILES string of the molecule is OCCn1c(CSc2ncnc3sc(-c4ccccc4)cc23)nc2ccc(Cl)cc21. The van der Waals surface area contributed by atoms with Gasteiger partial charge in [-0.15, -0.1) is 11.3 Å². The first-order valence-corrected chi connectivity index (χ1v) is 11.6. The van der Waals surface area contributed by atoms with Gasteiger partial charge in [0.1, 0.15) is 22.0 Å². The summed E-state index contributed by atoms with van der Waals surface area (Å²) in [5.41, 5.74) is 2.98. The van der Waals surface area contributed by atoms with E-state index in [0.29, 0.717) is 17.3 Å². The molecule has 150 valence electrons. The molecule has 0 spiro atoms. The lowest BCUT2D eigenvalue weighted by molar-refractivity contribution is 0.276. The van der Waals surface area contributed by atoms with Crippen molar-refractivity contribution in [2.75, 3.05) is 6.61 Å². The number of aliphatic hydroxyl groups excluding tert-OH is 1. The minimum atomic E-state index is 0.0400. The number of hydrogen-bond donors (Lipinski definition) is 1. The molecule has 0 aliphatic rings. The number of thiophene rings is 1. The van der Waals surface area contributed by atoms with Crippen molar-refractivity contribution in [1.82, 2.24) is 19.5 Å². The fourth-order valence-electron chi connectivity index (χ4n) is 3.43. The smallest absolute Gasteiger partial charge is 0.128 e. The van der Waals surface area contributed by atoms with E-state index in [1.165, 1.54) is 10.4 Å². The summed E-state index contributed by atoms with van der Waals surface area (Å²) in [7, 11) is 0. The van der Waals surface area contributed by atoms with Crippen LogP contribution in [-0.2, 0) is 12.3 Å². The number of rotatable bonds is 6. The number of aromatic nitrogens is 4. The maximum absolute atomic E-state index is 9.52. The van der Waals surface area contributed by atoms with E-state index >= 15 is 0 Å². The van der Waals surface area contributed by atoms with Gasteiger partial charge in [0.25, 0.3) is 0 Å². The Balaban J connectivity index is 1.48. The molecule has 30 heavy (non-hydrogen) atoms. The van der Waals surface area contributed by atoms with Crippen LogP contribution in [0.1, 0.15) is 5.82 Å². The molecule has 5 nitrogen and oxygen atoms in total. The summed E-state index contributed by atoms with van der Waals surface area (Å²) in [6, 6.07) is 18.1. The van der Waals surface area contributed by atoms with E-state index in [4.69, 9.17) is 16.6 Å². The summed E-state index contributed by atoms with van der Waals surface area (Å²) in [6.07, 6.45) is 1.62. The number of thioether (sulfide) groups is 1. The largest absolute Gasteiger partial charge is 0.395 e. The van der Waals surface area contributed by atoms with E-state index in [2.05, 4.69) is 28.2 Å². The molecule has 8 heteroatoms. The highest BCUT2D eigenvalue weighted by molar-refractivity contribution is 7.98. The molecular weight excluding hydrogens is 436 g/mol. The third-order valence-corrected chi connectivity index (χ3v) is 7.13. The van der Waals surface area contributed by atoms with Crippen LogP contribution in [0.3, 0.4) is 0 Å². The quantitative estimate of drug-likeness (QED) is 0.266. The second-order valence-electron chi connectivity index (χ2n) is 6.70. The van der Waals surface area contributed by atoms with Gasteiger partial charge in [0.2, 0.25) is 0 Å².